The van der Waals surface area contributed by atoms with Crippen molar-refractivity contribution in [3.05, 3.63) is 53.3 Å². The second-order valence-corrected chi connectivity index (χ2v) is 11.7. The van der Waals surface area contributed by atoms with E-state index < -0.39 is 65.1 Å². The molecule has 0 radical (unpaired) electrons. The van der Waals surface area contributed by atoms with Gasteiger partial charge in [0.15, 0.2) is 11.6 Å². The van der Waals surface area contributed by atoms with Gasteiger partial charge in [-0.25, -0.2) is 22.0 Å². The van der Waals surface area contributed by atoms with Crippen LogP contribution >= 0.6 is 0 Å². The maximum Gasteiger partial charge on any atom is 0.461 e. The van der Waals surface area contributed by atoms with Gasteiger partial charge in [-0.05, 0) is 91.7 Å². The molecule has 0 N–H and O–H groups in total. The van der Waals surface area contributed by atoms with E-state index in [0.29, 0.717) is 36.8 Å². The van der Waals surface area contributed by atoms with Gasteiger partial charge in [-0.15, -0.1) is 0 Å². The van der Waals surface area contributed by atoms with Crippen molar-refractivity contribution in [2.24, 2.45) is 23.7 Å². The van der Waals surface area contributed by atoms with Crippen LogP contribution in [0, 0.1) is 41.1 Å². The fourth-order valence-electron chi connectivity index (χ4n) is 6.72. The fourth-order valence-corrected chi connectivity index (χ4v) is 6.72. The molecule has 228 valence electrons. The summed E-state index contributed by atoms with van der Waals surface area (Å²) in [6, 6.07) is 3.29. The van der Waals surface area contributed by atoms with Crippen molar-refractivity contribution in [3.63, 3.8) is 0 Å². The van der Waals surface area contributed by atoms with E-state index in [4.69, 9.17) is 0 Å². The number of rotatable bonds is 10. The average molecular weight is 595 g/mol. The van der Waals surface area contributed by atoms with E-state index in [9.17, 15) is 30.7 Å². The topological polar surface area (TPSA) is 9.23 Å². The number of halogens is 9. The molecule has 4 rings (SSSR count). The van der Waals surface area contributed by atoms with Crippen LogP contribution in [0.5, 0.6) is 5.75 Å². The molecule has 2 saturated carbocycles. The lowest BCUT2D eigenvalue weighted by molar-refractivity contribution is -0.254. The first-order valence-electron chi connectivity index (χ1n) is 14.3. The second kappa shape index (κ2) is 12.9. The van der Waals surface area contributed by atoms with Gasteiger partial charge in [0.1, 0.15) is 11.6 Å². The lowest BCUT2D eigenvalue weighted by Gasteiger charge is -2.39. The maximum atomic E-state index is 15.3. The van der Waals surface area contributed by atoms with Gasteiger partial charge in [0, 0.05) is 12.3 Å². The van der Waals surface area contributed by atoms with Gasteiger partial charge < -0.3 is 4.74 Å². The van der Waals surface area contributed by atoms with Gasteiger partial charge in [-0.1, -0.05) is 38.7 Å². The Morgan fingerprint density at radius 1 is 0.780 bits per heavy atom. The van der Waals surface area contributed by atoms with E-state index in [1.54, 1.807) is 0 Å². The molecule has 0 unspecified atom stereocenters. The summed E-state index contributed by atoms with van der Waals surface area (Å²) in [6.45, 7) is 2.19. The van der Waals surface area contributed by atoms with Crippen molar-refractivity contribution in [1.82, 2.24) is 0 Å². The molecule has 0 aromatic heterocycles. The van der Waals surface area contributed by atoms with Crippen LogP contribution in [0.25, 0.3) is 11.1 Å². The SMILES string of the molecule is CCCC1CCC(C2CCC(C(F)(F)Cc3cc(F)c(-c4ccc(OC(F)(F)C(F)F)c(F)c4)c(F)c3)CC2)CC1. The van der Waals surface area contributed by atoms with Crippen LogP contribution in [0.2, 0.25) is 0 Å². The third-order valence-electron chi connectivity index (χ3n) is 8.89. The van der Waals surface area contributed by atoms with E-state index in [2.05, 4.69) is 11.7 Å². The first-order valence-corrected chi connectivity index (χ1v) is 14.3. The summed E-state index contributed by atoms with van der Waals surface area (Å²) in [7, 11) is 0. The maximum absolute atomic E-state index is 15.3. The van der Waals surface area contributed by atoms with Gasteiger partial charge in [-0.2, -0.15) is 17.6 Å². The van der Waals surface area contributed by atoms with E-state index in [0.717, 1.165) is 49.8 Å². The molecule has 0 aliphatic heterocycles. The van der Waals surface area contributed by atoms with Gasteiger partial charge in [0.05, 0.1) is 5.56 Å². The predicted octanol–water partition coefficient (Wildman–Crippen LogP) is 10.6. The van der Waals surface area contributed by atoms with Crippen LogP contribution in [-0.4, -0.2) is 18.5 Å². The van der Waals surface area contributed by atoms with Crippen molar-refractivity contribution >= 4 is 0 Å². The highest BCUT2D eigenvalue weighted by atomic mass is 19.3. The molecule has 0 spiro atoms. The smallest absolute Gasteiger partial charge is 0.425 e. The van der Waals surface area contributed by atoms with Crippen LogP contribution in [0.3, 0.4) is 0 Å². The molecule has 2 aromatic rings. The van der Waals surface area contributed by atoms with Crippen molar-refractivity contribution in [2.45, 2.75) is 96.0 Å². The first-order chi connectivity index (χ1) is 19.3. The third-order valence-corrected chi connectivity index (χ3v) is 8.89. The molecule has 2 fully saturated rings. The zero-order valence-corrected chi connectivity index (χ0v) is 22.9. The Kier molecular flexibility index (Phi) is 9.89. The quantitative estimate of drug-likeness (QED) is 0.249. The molecule has 2 aliphatic rings. The van der Waals surface area contributed by atoms with Crippen LogP contribution in [0.15, 0.2) is 30.3 Å². The van der Waals surface area contributed by atoms with Crippen molar-refractivity contribution in [3.8, 4) is 16.9 Å². The minimum absolute atomic E-state index is 0.262. The number of alkyl halides is 6. The Morgan fingerprint density at radius 3 is 1.85 bits per heavy atom. The molecule has 10 heteroatoms. The molecule has 0 saturated heterocycles. The highest BCUT2D eigenvalue weighted by Crippen LogP contribution is 2.46. The van der Waals surface area contributed by atoms with E-state index in [1.165, 1.54) is 25.7 Å². The molecule has 0 amide bonds. The summed E-state index contributed by atoms with van der Waals surface area (Å²) in [5.74, 6) is -7.55. The largest absolute Gasteiger partial charge is 0.461 e. The van der Waals surface area contributed by atoms with Crippen molar-refractivity contribution in [1.29, 1.82) is 0 Å². The molecule has 0 atom stereocenters. The fraction of sp³-hybridized carbons (Fsp3) is 0.613. The number of benzene rings is 2. The third kappa shape index (κ3) is 7.53. The van der Waals surface area contributed by atoms with Gasteiger partial charge in [0.2, 0.25) is 0 Å². The van der Waals surface area contributed by atoms with Gasteiger partial charge >= 0.3 is 12.5 Å². The molecular weight excluding hydrogens is 559 g/mol. The van der Waals surface area contributed by atoms with Crippen LogP contribution in [0.4, 0.5) is 39.5 Å². The summed E-state index contributed by atoms with van der Waals surface area (Å²) in [4.78, 5) is 0. The van der Waals surface area contributed by atoms with Crippen molar-refractivity contribution < 1.29 is 44.3 Å². The zero-order chi connectivity index (χ0) is 29.9. The predicted molar refractivity (Wildman–Crippen MR) is 138 cm³/mol. The Bertz CT molecular complexity index is 1140. The minimum atomic E-state index is -4.97. The average Bonchev–Trinajstić information content (AvgIpc) is 2.90. The summed E-state index contributed by atoms with van der Waals surface area (Å²) < 4.78 is 129. The highest BCUT2D eigenvalue weighted by molar-refractivity contribution is 5.66. The molecular formula is C31H35F9O. The Labute approximate surface area is 234 Å². The molecule has 0 bridgehead atoms. The zero-order valence-electron chi connectivity index (χ0n) is 22.9. The molecule has 2 aliphatic carbocycles. The summed E-state index contributed by atoms with van der Waals surface area (Å²) in [5.41, 5.74) is -1.47. The summed E-state index contributed by atoms with van der Waals surface area (Å²) in [6.07, 6.45) is -0.747. The molecule has 2 aromatic carbocycles. The van der Waals surface area contributed by atoms with E-state index >= 15 is 8.78 Å². The van der Waals surface area contributed by atoms with E-state index in [1.807, 2.05) is 0 Å². The monoisotopic (exact) mass is 594 g/mol. The Balaban J connectivity index is 1.39. The second-order valence-electron chi connectivity index (χ2n) is 11.7. The molecule has 0 heterocycles. The normalized spacial score (nSPS) is 24.1. The van der Waals surface area contributed by atoms with Gasteiger partial charge in [-0.3, -0.25) is 0 Å². The Hall–Kier alpha value is -2.39. The first kappa shape index (κ1) is 31.5. The van der Waals surface area contributed by atoms with Crippen LogP contribution in [-0.2, 0) is 6.42 Å². The highest BCUT2D eigenvalue weighted by Gasteiger charge is 2.45. The number of hydrogen-bond donors (Lipinski definition) is 0. The number of ether oxygens (including phenoxy) is 1. The lowest BCUT2D eigenvalue weighted by atomic mass is 9.67. The Morgan fingerprint density at radius 2 is 1.34 bits per heavy atom. The minimum Gasteiger partial charge on any atom is -0.425 e. The van der Waals surface area contributed by atoms with Crippen LogP contribution in [0.1, 0.15) is 76.7 Å². The van der Waals surface area contributed by atoms with Crippen LogP contribution < -0.4 is 4.74 Å². The van der Waals surface area contributed by atoms with Crippen molar-refractivity contribution in [2.75, 3.05) is 0 Å². The summed E-state index contributed by atoms with van der Waals surface area (Å²) in [5, 5.41) is 0. The standard InChI is InChI=1S/C31H35F9O/c1-2-3-18-4-6-20(7-5-18)21-8-11-23(12-9-21)30(37,38)17-19-14-25(33)28(26(34)15-19)22-10-13-27(24(32)16-22)41-31(39,40)29(35)36/h10,13-16,18,20-21,23,29H,2-9,11-12,17H2,1H3. The summed E-state index contributed by atoms with van der Waals surface area (Å²) >= 11 is 0. The molecule has 1 nitrogen and oxygen atoms in total. The van der Waals surface area contributed by atoms with E-state index in [-0.39, 0.29) is 5.56 Å². The lowest BCUT2D eigenvalue weighted by Crippen LogP contribution is -2.35. The van der Waals surface area contributed by atoms with Gasteiger partial charge in [0.25, 0.3) is 5.92 Å². The number of hydrogen-bond acceptors (Lipinski definition) is 1. The molecule has 41 heavy (non-hydrogen) atoms.